The first-order valence-corrected chi connectivity index (χ1v) is 6.25. The lowest BCUT2D eigenvalue weighted by molar-refractivity contribution is -0.393. The number of nitro groups is 2. The summed E-state index contributed by atoms with van der Waals surface area (Å²) in [4.78, 5) is 22.5. The molecule has 0 bridgehead atoms. The summed E-state index contributed by atoms with van der Waals surface area (Å²) in [5.74, 6) is 0. The summed E-state index contributed by atoms with van der Waals surface area (Å²) < 4.78 is 0. The topological polar surface area (TPSA) is 118 Å². The molecule has 1 N–H and O–H groups in total. The maximum absolute atomic E-state index is 11.2. The van der Waals surface area contributed by atoms with Crippen LogP contribution >= 0.6 is 0 Å². The van der Waals surface area contributed by atoms with E-state index in [1.807, 2.05) is 4.90 Å². The summed E-state index contributed by atoms with van der Waals surface area (Å²) in [5, 5.41) is 28.8. The molecule has 0 amide bonds. The van der Waals surface area contributed by atoms with Gasteiger partial charge in [0.25, 0.3) is 11.4 Å². The molecule has 0 fully saturated rings. The summed E-state index contributed by atoms with van der Waals surface area (Å²) >= 11 is 0. The molecule has 0 atom stereocenters. The Bertz CT molecular complexity index is 726. The van der Waals surface area contributed by atoms with E-state index in [0.717, 1.165) is 17.3 Å². The molecule has 9 nitrogen and oxygen atoms in total. The maximum Gasteiger partial charge on any atom is 0.299 e. The van der Waals surface area contributed by atoms with E-state index in [4.69, 9.17) is 0 Å². The van der Waals surface area contributed by atoms with Crippen molar-refractivity contribution in [1.29, 1.82) is 0 Å². The molecule has 0 aliphatic carbocycles. The van der Waals surface area contributed by atoms with Gasteiger partial charge in [-0.05, 0) is 6.07 Å². The average molecular weight is 289 g/mol. The largest absolute Gasteiger partial charge is 0.361 e. The van der Waals surface area contributed by atoms with E-state index < -0.39 is 9.85 Å². The molecule has 1 aromatic carbocycles. The van der Waals surface area contributed by atoms with Crippen LogP contribution in [0.3, 0.4) is 0 Å². The minimum absolute atomic E-state index is 0.254. The highest BCUT2D eigenvalue weighted by atomic mass is 16.6. The molecule has 3 rings (SSSR count). The second-order valence-corrected chi connectivity index (χ2v) is 4.73. The number of non-ortho nitro benzene ring substituents is 1. The van der Waals surface area contributed by atoms with Gasteiger partial charge < -0.3 is 4.90 Å². The van der Waals surface area contributed by atoms with Crippen LogP contribution in [-0.4, -0.2) is 26.6 Å². The van der Waals surface area contributed by atoms with Crippen LogP contribution in [0.5, 0.6) is 0 Å². The lowest BCUT2D eigenvalue weighted by atomic mass is 10.1. The van der Waals surface area contributed by atoms with Gasteiger partial charge in [-0.15, -0.1) is 0 Å². The van der Waals surface area contributed by atoms with Crippen LogP contribution in [0, 0.1) is 20.2 Å². The number of aromatic nitrogens is 2. The van der Waals surface area contributed by atoms with Crippen LogP contribution in [0.4, 0.5) is 17.1 Å². The third-order valence-corrected chi connectivity index (χ3v) is 3.51. The molecule has 108 valence electrons. The Morgan fingerprint density at radius 1 is 1.24 bits per heavy atom. The van der Waals surface area contributed by atoms with Gasteiger partial charge in [0.1, 0.15) is 5.69 Å². The highest BCUT2D eigenvalue weighted by Crippen LogP contribution is 2.34. The average Bonchev–Trinajstić information content (AvgIpc) is 2.93. The summed E-state index contributed by atoms with van der Waals surface area (Å²) in [5.41, 5.74) is 1.85. The number of nitrogens with zero attached hydrogens (tertiary/aromatic N) is 4. The first-order chi connectivity index (χ1) is 10.1. The SMILES string of the molecule is O=[N+]([O-])c1ccc(N2CCc3[nH]ncc3C2)c([N+](=O)[O-])c1. The Morgan fingerprint density at radius 2 is 2.05 bits per heavy atom. The fourth-order valence-corrected chi connectivity index (χ4v) is 2.47. The number of nitro benzene ring substituents is 2. The molecule has 1 aliphatic heterocycles. The molecule has 2 aromatic rings. The standard InChI is InChI=1S/C12H11N5O4/c18-16(19)9-1-2-11(12(5-9)17(20)21)15-4-3-10-8(7-15)6-13-14-10/h1-2,5-6H,3-4,7H2,(H,13,14). The molecule has 0 saturated heterocycles. The third kappa shape index (κ3) is 2.29. The quantitative estimate of drug-likeness (QED) is 0.679. The molecule has 21 heavy (non-hydrogen) atoms. The number of rotatable bonds is 3. The molecule has 2 heterocycles. The minimum Gasteiger partial charge on any atom is -0.361 e. The first kappa shape index (κ1) is 13.0. The van der Waals surface area contributed by atoms with Gasteiger partial charge in [0, 0.05) is 36.8 Å². The fraction of sp³-hybridized carbons (Fsp3) is 0.250. The number of fused-ring (bicyclic) bond motifs is 1. The lowest BCUT2D eigenvalue weighted by Gasteiger charge is -2.28. The van der Waals surface area contributed by atoms with Crippen molar-refractivity contribution in [3.63, 3.8) is 0 Å². The van der Waals surface area contributed by atoms with Crippen LogP contribution < -0.4 is 4.90 Å². The van der Waals surface area contributed by atoms with Gasteiger partial charge in [-0.3, -0.25) is 25.3 Å². The lowest BCUT2D eigenvalue weighted by Crippen LogP contribution is -2.30. The fourth-order valence-electron chi connectivity index (χ4n) is 2.47. The second-order valence-electron chi connectivity index (χ2n) is 4.73. The Labute approximate surface area is 118 Å². The Morgan fingerprint density at radius 3 is 2.76 bits per heavy atom. The van der Waals surface area contributed by atoms with Crippen molar-refractivity contribution < 1.29 is 9.85 Å². The predicted octanol–water partition coefficient (Wildman–Crippen LogP) is 1.79. The summed E-state index contributed by atoms with van der Waals surface area (Å²) in [7, 11) is 0. The van der Waals surface area contributed by atoms with E-state index in [9.17, 15) is 20.2 Å². The van der Waals surface area contributed by atoms with Crippen molar-refractivity contribution in [3.8, 4) is 0 Å². The van der Waals surface area contributed by atoms with Gasteiger partial charge >= 0.3 is 0 Å². The molecule has 0 radical (unpaired) electrons. The van der Waals surface area contributed by atoms with E-state index >= 15 is 0 Å². The van der Waals surface area contributed by atoms with E-state index in [-0.39, 0.29) is 11.4 Å². The van der Waals surface area contributed by atoms with E-state index in [1.54, 1.807) is 6.20 Å². The van der Waals surface area contributed by atoms with Gasteiger partial charge in [-0.1, -0.05) is 0 Å². The normalized spacial score (nSPS) is 13.8. The van der Waals surface area contributed by atoms with E-state index in [2.05, 4.69) is 10.2 Å². The molecular weight excluding hydrogens is 278 g/mol. The van der Waals surface area contributed by atoms with Crippen molar-refractivity contribution in [2.24, 2.45) is 0 Å². The molecule has 1 aliphatic rings. The van der Waals surface area contributed by atoms with Gasteiger partial charge in [-0.2, -0.15) is 5.10 Å². The van der Waals surface area contributed by atoms with E-state index in [1.165, 1.54) is 12.1 Å². The zero-order valence-corrected chi connectivity index (χ0v) is 10.9. The third-order valence-electron chi connectivity index (χ3n) is 3.51. The zero-order valence-electron chi connectivity index (χ0n) is 10.9. The molecular formula is C12H11N5O4. The summed E-state index contributed by atoms with van der Waals surface area (Å²) in [6, 6.07) is 3.72. The van der Waals surface area contributed by atoms with Crippen LogP contribution in [0.25, 0.3) is 0 Å². The smallest absolute Gasteiger partial charge is 0.299 e. The van der Waals surface area contributed by atoms with Crippen molar-refractivity contribution in [2.45, 2.75) is 13.0 Å². The van der Waals surface area contributed by atoms with Crippen LogP contribution in [0.2, 0.25) is 0 Å². The van der Waals surface area contributed by atoms with Crippen molar-refractivity contribution in [1.82, 2.24) is 10.2 Å². The van der Waals surface area contributed by atoms with E-state index in [0.29, 0.717) is 25.2 Å². The highest BCUT2D eigenvalue weighted by Gasteiger charge is 2.26. The second kappa shape index (κ2) is 4.85. The monoisotopic (exact) mass is 289 g/mol. The summed E-state index contributed by atoms with van der Waals surface area (Å²) in [6.45, 7) is 1.08. The molecule has 0 unspecified atom stereocenters. The van der Waals surface area contributed by atoms with Crippen LogP contribution in [0.15, 0.2) is 24.4 Å². The van der Waals surface area contributed by atoms with Crippen molar-refractivity contribution >= 4 is 17.1 Å². The van der Waals surface area contributed by atoms with Crippen molar-refractivity contribution in [3.05, 3.63) is 55.9 Å². The first-order valence-electron chi connectivity index (χ1n) is 6.25. The molecule has 0 spiro atoms. The number of hydrogen-bond donors (Lipinski definition) is 1. The van der Waals surface area contributed by atoms with Crippen LogP contribution in [0.1, 0.15) is 11.3 Å². The maximum atomic E-state index is 11.2. The molecule has 9 heteroatoms. The number of nitrogens with one attached hydrogen (secondary N) is 1. The molecule has 0 saturated carbocycles. The molecule has 1 aromatic heterocycles. The number of anilines is 1. The van der Waals surface area contributed by atoms with Crippen molar-refractivity contribution in [2.75, 3.05) is 11.4 Å². The van der Waals surface area contributed by atoms with Crippen LogP contribution in [-0.2, 0) is 13.0 Å². The van der Waals surface area contributed by atoms with Gasteiger partial charge in [0.2, 0.25) is 0 Å². The summed E-state index contributed by atoms with van der Waals surface area (Å²) in [6.07, 6.45) is 2.39. The zero-order chi connectivity index (χ0) is 15.0. The number of hydrogen-bond acceptors (Lipinski definition) is 6. The number of benzene rings is 1. The number of aromatic amines is 1. The number of H-pyrrole nitrogens is 1. The minimum atomic E-state index is -0.638. The van der Waals surface area contributed by atoms with Gasteiger partial charge in [0.05, 0.1) is 22.1 Å². The Kier molecular flexibility index (Phi) is 3.01. The van der Waals surface area contributed by atoms with Gasteiger partial charge in [0.15, 0.2) is 0 Å². The Hall–Kier alpha value is -2.97. The predicted molar refractivity (Wildman–Crippen MR) is 73.1 cm³/mol. The van der Waals surface area contributed by atoms with Gasteiger partial charge in [-0.25, -0.2) is 0 Å². The Balaban J connectivity index is 1.99. The highest BCUT2D eigenvalue weighted by molar-refractivity contribution is 5.67.